The highest BCUT2D eigenvalue weighted by Gasteiger charge is 2.48. The van der Waals surface area contributed by atoms with Gasteiger partial charge in [-0.05, 0) is 61.7 Å². The van der Waals surface area contributed by atoms with Crippen molar-refractivity contribution in [3.63, 3.8) is 0 Å². The van der Waals surface area contributed by atoms with Gasteiger partial charge in [0.2, 0.25) is 0 Å². The minimum absolute atomic E-state index is 0.0983. The monoisotopic (exact) mass is 562 g/mol. The van der Waals surface area contributed by atoms with Crippen LogP contribution in [-0.2, 0) is 14.3 Å². The van der Waals surface area contributed by atoms with Crippen molar-refractivity contribution in [3.05, 3.63) is 88.0 Å². The number of aliphatic hydroxyl groups is 1. The van der Waals surface area contributed by atoms with Gasteiger partial charge in [-0.1, -0.05) is 43.0 Å². The average molecular weight is 563 g/mol. The number of carbonyl (C=O) groups is 3. The van der Waals surface area contributed by atoms with Crippen LogP contribution in [0.15, 0.2) is 60.7 Å². The highest BCUT2D eigenvalue weighted by Crippen LogP contribution is 2.44. The summed E-state index contributed by atoms with van der Waals surface area (Å²) in [5, 5.41) is 11.6. The van der Waals surface area contributed by atoms with Crippen LogP contribution in [-0.4, -0.2) is 48.1 Å². The van der Waals surface area contributed by atoms with E-state index in [1.165, 1.54) is 12.0 Å². The molecule has 4 rings (SSSR count). The smallest absolute Gasteiger partial charge is 0.350 e. The second-order valence-corrected chi connectivity index (χ2v) is 10.0. The van der Waals surface area contributed by atoms with Gasteiger partial charge in [0.05, 0.1) is 31.0 Å². The lowest BCUT2D eigenvalue weighted by Gasteiger charge is -2.23. The molecule has 2 aromatic carbocycles. The summed E-state index contributed by atoms with van der Waals surface area (Å²) in [6.45, 7) is 9.93. The molecular weight excluding hydrogens is 532 g/mol. The number of ether oxygens (including phenoxy) is 3. The van der Waals surface area contributed by atoms with E-state index in [2.05, 4.69) is 11.6 Å². The number of anilines is 1. The van der Waals surface area contributed by atoms with Crippen LogP contribution in [0.5, 0.6) is 11.5 Å². The number of hydrogen-bond donors (Lipinski definition) is 1. The molecule has 0 radical (unpaired) electrons. The number of thiazole rings is 1. The zero-order chi connectivity index (χ0) is 29.0. The van der Waals surface area contributed by atoms with Gasteiger partial charge >= 0.3 is 11.9 Å². The summed E-state index contributed by atoms with van der Waals surface area (Å²) >= 11 is 0.943. The number of rotatable bonds is 10. The van der Waals surface area contributed by atoms with E-state index in [0.717, 1.165) is 23.3 Å². The second-order valence-electron chi connectivity index (χ2n) is 9.07. The Labute approximate surface area is 236 Å². The number of aromatic nitrogens is 1. The van der Waals surface area contributed by atoms with Crippen molar-refractivity contribution in [2.45, 2.75) is 33.2 Å². The Balaban J connectivity index is 1.86. The lowest BCUT2D eigenvalue weighted by atomic mass is 9.95. The van der Waals surface area contributed by atoms with Gasteiger partial charge in [0, 0.05) is 5.56 Å². The maximum atomic E-state index is 13.5. The van der Waals surface area contributed by atoms with E-state index in [1.54, 1.807) is 55.5 Å². The molecule has 1 amide bonds. The Kier molecular flexibility index (Phi) is 8.69. The fourth-order valence-electron chi connectivity index (χ4n) is 4.34. The van der Waals surface area contributed by atoms with Crippen LogP contribution in [0.25, 0.3) is 5.76 Å². The SMILES string of the molecule is C=CCOc1ccc(/C(O)=C2\C(=O)C(=O)N(c3nc(C)c(C(=O)OC)s3)C2c2ccc(OCCC)cc2)cc1C. The van der Waals surface area contributed by atoms with Gasteiger partial charge < -0.3 is 19.3 Å². The third-order valence-electron chi connectivity index (χ3n) is 6.28. The molecule has 1 atom stereocenters. The summed E-state index contributed by atoms with van der Waals surface area (Å²) in [7, 11) is 1.26. The van der Waals surface area contributed by atoms with Crippen molar-refractivity contribution < 1.29 is 33.7 Å². The van der Waals surface area contributed by atoms with Crippen LogP contribution in [0.3, 0.4) is 0 Å². The highest BCUT2D eigenvalue weighted by atomic mass is 32.1. The quantitative estimate of drug-likeness (QED) is 0.113. The average Bonchev–Trinajstić information content (AvgIpc) is 3.46. The number of Topliss-reactive ketones (excluding diaryl/α,β-unsaturated/α-hetero) is 1. The zero-order valence-electron chi connectivity index (χ0n) is 22.7. The number of aliphatic hydroxyl groups excluding tert-OH is 1. The Morgan fingerprint density at radius 2 is 1.88 bits per heavy atom. The van der Waals surface area contributed by atoms with Crippen LogP contribution in [0.2, 0.25) is 0 Å². The van der Waals surface area contributed by atoms with Crippen molar-refractivity contribution in [2.24, 2.45) is 0 Å². The lowest BCUT2D eigenvalue weighted by Crippen LogP contribution is -2.29. The molecule has 0 bridgehead atoms. The molecule has 0 spiro atoms. The number of amides is 1. The van der Waals surface area contributed by atoms with Crippen LogP contribution in [0, 0.1) is 13.8 Å². The molecule has 10 heteroatoms. The molecule has 9 nitrogen and oxygen atoms in total. The largest absolute Gasteiger partial charge is 0.507 e. The number of hydrogen-bond acceptors (Lipinski definition) is 9. The van der Waals surface area contributed by atoms with Gasteiger partial charge in [-0.25, -0.2) is 9.78 Å². The summed E-state index contributed by atoms with van der Waals surface area (Å²) in [6, 6.07) is 10.9. The minimum Gasteiger partial charge on any atom is -0.507 e. The number of nitrogens with zero attached hydrogens (tertiary/aromatic N) is 2. The second kappa shape index (κ2) is 12.2. The van der Waals surface area contributed by atoms with Crippen molar-refractivity contribution in [1.29, 1.82) is 0 Å². The van der Waals surface area contributed by atoms with E-state index in [1.807, 2.05) is 13.8 Å². The number of aryl methyl sites for hydroxylation is 2. The van der Waals surface area contributed by atoms with Gasteiger partial charge in [0.15, 0.2) is 5.13 Å². The van der Waals surface area contributed by atoms with Crippen molar-refractivity contribution in [2.75, 3.05) is 25.2 Å². The predicted molar refractivity (Wildman–Crippen MR) is 152 cm³/mol. The molecule has 1 aromatic heterocycles. The third kappa shape index (κ3) is 5.48. The summed E-state index contributed by atoms with van der Waals surface area (Å²) in [5.41, 5.74) is 1.90. The van der Waals surface area contributed by atoms with Crippen molar-refractivity contribution in [3.8, 4) is 11.5 Å². The van der Waals surface area contributed by atoms with E-state index >= 15 is 0 Å². The Morgan fingerprint density at radius 1 is 1.15 bits per heavy atom. The molecule has 0 aliphatic carbocycles. The van der Waals surface area contributed by atoms with Crippen molar-refractivity contribution >= 4 is 39.9 Å². The van der Waals surface area contributed by atoms with Crippen LogP contribution < -0.4 is 14.4 Å². The first-order valence-corrected chi connectivity index (χ1v) is 13.5. The Morgan fingerprint density at radius 3 is 2.50 bits per heavy atom. The molecule has 208 valence electrons. The van der Waals surface area contributed by atoms with Crippen molar-refractivity contribution in [1.82, 2.24) is 4.98 Å². The zero-order valence-corrected chi connectivity index (χ0v) is 23.5. The molecule has 1 fully saturated rings. The molecule has 2 heterocycles. The standard InChI is InChI=1S/C30H30N2O7S/c1-6-14-38-21-11-8-19(9-12-21)24-23(25(33)20-10-13-22(17(3)16-20)39-15-7-2)26(34)28(35)32(24)30-31-18(4)27(40-30)29(36)37-5/h7-13,16,24,33H,2,6,14-15H2,1,3-5H3/b25-23+. The number of esters is 1. The molecule has 1 N–H and O–H groups in total. The first-order valence-electron chi connectivity index (χ1n) is 12.7. The van der Waals surface area contributed by atoms with E-state index < -0.39 is 23.7 Å². The highest BCUT2D eigenvalue weighted by molar-refractivity contribution is 7.17. The fraction of sp³-hybridized carbons (Fsp3) is 0.267. The molecule has 1 saturated heterocycles. The molecule has 3 aromatic rings. The molecule has 40 heavy (non-hydrogen) atoms. The number of ketones is 1. The molecule has 1 unspecified atom stereocenters. The first kappa shape index (κ1) is 28.6. The fourth-order valence-corrected chi connectivity index (χ4v) is 5.35. The molecule has 0 saturated carbocycles. The van der Waals surface area contributed by atoms with E-state index in [-0.39, 0.29) is 21.3 Å². The maximum Gasteiger partial charge on any atom is 0.350 e. The van der Waals surface area contributed by atoms with E-state index in [9.17, 15) is 19.5 Å². The van der Waals surface area contributed by atoms with E-state index in [0.29, 0.717) is 41.5 Å². The molecule has 1 aliphatic rings. The summed E-state index contributed by atoms with van der Waals surface area (Å²) in [4.78, 5) is 45.1. The first-order chi connectivity index (χ1) is 19.2. The topological polar surface area (TPSA) is 115 Å². The van der Waals surface area contributed by atoms with Gasteiger partial charge in [-0.2, -0.15) is 0 Å². The van der Waals surface area contributed by atoms with Crippen LogP contribution in [0.4, 0.5) is 5.13 Å². The van der Waals surface area contributed by atoms with Gasteiger partial charge in [0.1, 0.15) is 28.7 Å². The maximum absolute atomic E-state index is 13.5. The van der Waals surface area contributed by atoms with Gasteiger partial charge in [0.25, 0.3) is 5.78 Å². The minimum atomic E-state index is -1.01. The normalized spacial score (nSPS) is 16.2. The third-order valence-corrected chi connectivity index (χ3v) is 7.42. The van der Waals surface area contributed by atoms with Crippen LogP contribution >= 0.6 is 11.3 Å². The molecular formula is C30H30N2O7S. The Bertz CT molecular complexity index is 1490. The number of methoxy groups -OCH3 is 1. The summed E-state index contributed by atoms with van der Waals surface area (Å²) in [5.74, 6) is -1.44. The summed E-state index contributed by atoms with van der Waals surface area (Å²) in [6.07, 6.45) is 2.46. The number of carbonyl (C=O) groups excluding carboxylic acids is 3. The molecule has 1 aliphatic heterocycles. The Hall–Kier alpha value is -4.44. The van der Waals surface area contributed by atoms with E-state index in [4.69, 9.17) is 14.2 Å². The van der Waals surface area contributed by atoms with Gasteiger partial charge in [-0.3, -0.25) is 14.5 Å². The van der Waals surface area contributed by atoms with Crippen LogP contribution in [0.1, 0.15) is 51.4 Å². The summed E-state index contributed by atoms with van der Waals surface area (Å²) < 4.78 is 16.2. The lowest BCUT2D eigenvalue weighted by molar-refractivity contribution is -0.132. The number of benzene rings is 2. The predicted octanol–water partition coefficient (Wildman–Crippen LogP) is 5.53. The van der Waals surface area contributed by atoms with Gasteiger partial charge in [-0.15, -0.1) is 0 Å².